The highest BCUT2D eigenvalue weighted by atomic mass is 35.5. The molecule has 0 aliphatic rings. The van der Waals surface area contributed by atoms with E-state index in [1.165, 1.54) is 41.5 Å². The van der Waals surface area contributed by atoms with Gasteiger partial charge in [-0.1, -0.05) is 59.1 Å². The van der Waals surface area contributed by atoms with Crippen molar-refractivity contribution in [2.45, 2.75) is 24.0 Å². The minimum absolute atomic E-state index is 0.0391. The number of hydrogen-bond donors (Lipinski definition) is 1. The van der Waals surface area contributed by atoms with Gasteiger partial charge in [-0.15, -0.1) is 0 Å². The summed E-state index contributed by atoms with van der Waals surface area (Å²) in [5, 5.41) is 3.62. The first kappa shape index (κ1) is 26.4. The molecule has 3 rings (SSSR count). The van der Waals surface area contributed by atoms with Crippen LogP contribution in [0, 0.1) is 6.92 Å². The summed E-state index contributed by atoms with van der Waals surface area (Å²) in [5.41, 5.74) is 2.82. The number of nitrogens with zero attached hydrogens (tertiary/aromatic N) is 1. The number of thioether (sulfide) groups is 1. The second-order valence-electron chi connectivity index (χ2n) is 7.69. The number of carbonyl (C=O) groups excluding carboxylic acids is 1. The van der Waals surface area contributed by atoms with Crippen LogP contribution < -0.4 is 9.62 Å². The molecule has 0 spiro atoms. The van der Waals surface area contributed by atoms with Crippen LogP contribution in [0.4, 0.5) is 5.69 Å². The monoisotopic (exact) mass is 536 g/mol. The topological polar surface area (TPSA) is 66.5 Å². The van der Waals surface area contributed by atoms with Gasteiger partial charge >= 0.3 is 0 Å². The number of nitrogens with one attached hydrogen (secondary N) is 1. The van der Waals surface area contributed by atoms with E-state index < -0.39 is 10.0 Å². The molecule has 0 aliphatic heterocycles. The zero-order valence-corrected chi connectivity index (χ0v) is 21.9. The Bertz CT molecular complexity index is 1200. The number of anilines is 1. The van der Waals surface area contributed by atoms with Crippen molar-refractivity contribution < 1.29 is 13.2 Å². The number of benzene rings is 3. The molecule has 0 bridgehead atoms. The fourth-order valence-corrected chi connectivity index (χ4v) is 5.79. The number of sulfonamides is 1. The summed E-state index contributed by atoms with van der Waals surface area (Å²) in [4.78, 5) is 12.7. The molecule has 1 N–H and O–H groups in total. The van der Waals surface area contributed by atoms with E-state index in [2.05, 4.69) is 36.5 Å². The zero-order chi connectivity index (χ0) is 24.6. The summed E-state index contributed by atoms with van der Waals surface area (Å²) in [5.74, 6) is 1.41. The Morgan fingerprint density at radius 3 is 2.35 bits per heavy atom. The summed E-state index contributed by atoms with van der Waals surface area (Å²) < 4.78 is 27.7. The molecule has 3 aromatic rings. The maximum atomic E-state index is 13.3. The zero-order valence-electron chi connectivity index (χ0n) is 18.7. The minimum Gasteiger partial charge on any atom is -0.354 e. The van der Waals surface area contributed by atoms with Crippen molar-refractivity contribution in [3.63, 3.8) is 0 Å². The maximum Gasteiger partial charge on any atom is 0.264 e. The first-order valence-electron chi connectivity index (χ1n) is 10.7. The lowest BCUT2D eigenvalue weighted by molar-refractivity contribution is -0.119. The third kappa shape index (κ3) is 7.67. The highest BCUT2D eigenvalue weighted by Gasteiger charge is 2.27. The van der Waals surface area contributed by atoms with E-state index in [0.29, 0.717) is 22.3 Å². The van der Waals surface area contributed by atoms with E-state index in [4.69, 9.17) is 23.2 Å². The van der Waals surface area contributed by atoms with Crippen molar-refractivity contribution in [3.05, 3.63) is 94.0 Å². The predicted molar refractivity (Wildman–Crippen MR) is 142 cm³/mol. The third-order valence-electron chi connectivity index (χ3n) is 4.96. The van der Waals surface area contributed by atoms with Crippen molar-refractivity contribution in [2.75, 3.05) is 23.1 Å². The molecule has 0 unspecified atom stereocenters. The number of rotatable bonds is 11. The largest absolute Gasteiger partial charge is 0.354 e. The predicted octanol–water partition coefficient (Wildman–Crippen LogP) is 5.94. The summed E-state index contributed by atoms with van der Waals surface area (Å²) in [6.07, 6.45) is 0.781. The van der Waals surface area contributed by atoms with Crippen molar-refractivity contribution in [1.82, 2.24) is 5.32 Å². The average Bonchev–Trinajstić information content (AvgIpc) is 2.81. The molecule has 9 heteroatoms. The van der Waals surface area contributed by atoms with Crippen LogP contribution in [0.1, 0.15) is 17.5 Å². The number of amides is 1. The maximum absolute atomic E-state index is 13.3. The van der Waals surface area contributed by atoms with E-state index >= 15 is 0 Å². The molecule has 3 aromatic carbocycles. The van der Waals surface area contributed by atoms with E-state index in [1.54, 1.807) is 30.0 Å². The van der Waals surface area contributed by atoms with Gasteiger partial charge < -0.3 is 5.32 Å². The molecule has 1 amide bonds. The first-order chi connectivity index (χ1) is 16.3. The number of aryl methyl sites for hydroxylation is 1. The SMILES string of the molecule is Cc1ccc(CSCCCNC(=O)CN(c2cccc(Cl)c2)S(=O)(=O)c2ccc(Cl)cc2)cc1. The Balaban J connectivity index is 1.58. The lowest BCUT2D eigenvalue weighted by Gasteiger charge is -2.24. The molecule has 0 saturated heterocycles. The molecule has 0 atom stereocenters. The second kappa shape index (κ2) is 12.5. The van der Waals surface area contributed by atoms with Crippen LogP contribution >= 0.6 is 35.0 Å². The van der Waals surface area contributed by atoms with Crippen molar-refractivity contribution in [3.8, 4) is 0 Å². The summed E-state index contributed by atoms with van der Waals surface area (Å²) in [7, 11) is -4.00. The molecule has 0 saturated carbocycles. The Hall–Kier alpha value is -2.19. The van der Waals surface area contributed by atoms with E-state index in [0.717, 1.165) is 22.2 Å². The lowest BCUT2D eigenvalue weighted by Crippen LogP contribution is -2.41. The highest BCUT2D eigenvalue weighted by Crippen LogP contribution is 2.26. The van der Waals surface area contributed by atoms with Gasteiger partial charge in [-0.2, -0.15) is 11.8 Å². The summed E-state index contributed by atoms with van der Waals surface area (Å²) in [6.45, 7) is 2.17. The Kier molecular flexibility index (Phi) is 9.71. The molecular formula is C25H26Cl2N2O3S2. The van der Waals surface area contributed by atoms with Crippen molar-refractivity contribution in [1.29, 1.82) is 0 Å². The molecule has 5 nitrogen and oxygen atoms in total. The summed E-state index contributed by atoms with van der Waals surface area (Å²) >= 11 is 13.8. The standard InChI is InChI=1S/C25H26Cl2N2O3S2/c1-19-6-8-20(9-7-19)18-33-15-3-14-28-25(30)17-29(23-5-2-4-22(27)16-23)34(31,32)24-12-10-21(26)11-13-24/h2,4-13,16H,3,14-15,17-18H2,1H3,(H,28,30). The molecular weight excluding hydrogens is 511 g/mol. The van der Waals surface area contributed by atoms with Gasteiger partial charge in [0.05, 0.1) is 10.6 Å². The lowest BCUT2D eigenvalue weighted by atomic mass is 10.2. The van der Waals surface area contributed by atoms with Gasteiger partial charge in [0.2, 0.25) is 5.91 Å². The Labute approximate surface area is 215 Å². The van der Waals surface area contributed by atoms with Crippen LogP contribution in [0.2, 0.25) is 10.0 Å². The van der Waals surface area contributed by atoms with Gasteiger partial charge in [0.1, 0.15) is 6.54 Å². The van der Waals surface area contributed by atoms with Crippen LogP contribution in [-0.2, 0) is 20.6 Å². The molecule has 0 aliphatic carbocycles. The molecule has 180 valence electrons. The number of halogens is 2. The Morgan fingerprint density at radius 1 is 0.971 bits per heavy atom. The van der Waals surface area contributed by atoms with Gasteiger partial charge in [-0.25, -0.2) is 8.42 Å². The van der Waals surface area contributed by atoms with Gasteiger partial charge in [0.25, 0.3) is 10.0 Å². The van der Waals surface area contributed by atoms with E-state index in [-0.39, 0.29) is 17.3 Å². The van der Waals surface area contributed by atoms with Crippen LogP contribution in [-0.4, -0.2) is 33.2 Å². The quantitative estimate of drug-likeness (QED) is 0.308. The molecule has 0 fully saturated rings. The minimum atomic E-state index is -4.00. The van der Waals surface area contributed by atoms with Crippen LogP contribution in [0.25, 0.3) is 0 Å². The van der Waals surface area contributed by atoms with Crippen LogP contribution in [0.5, 0.6) is 0 Å². The second-order valence-corrected chi connectivity index (χ2v) is 11.5. The Morgan fingerprint density at radius 2 is 1.68 bits per heavy atom. The van der Waals surface area contributed by atoms with Crippen LogP contribution in [0.3, 0.4) is 0 Å². The van der Waals surface area contributed by atoms with Gasteiger partial charge in [0, 0.05) is 22.3 Å². The highest BCUT2D eigenvalue weighted by molar-refractivity contribution is 7.98. The van der Waals surface area contributed by atoms with Crippen molar-refractivity contribution >= 4 is 56.6 Å². The van der Waals surface area contributed by atoms with Gasteiger partial charge in [-0.05, 0) is 67.1 Å². The van der Waals surface area contributed by atoms with Crippen molar-refractivity contribution in [2.24, 2.45) is 0 Å². The molecule has 0 aromatic heterocycles. The smallest absolute Gasteiger partial charge is 0.264 e. The van der Waals surface area contributed by atoms with E-state index in [1.807, 2.05) is 0 Å². The fourth-order valence-electron chi connectivity index (χ4n) is 3.14. The number of carbonyl (C=O) groups is 1. The normalized spacial score (nSPS) is 11.3. The number of hydrogen-bond acceptors (Lipinski definition) is 4. The first-order valence-corrected chi connectivity index (χ1v) is 14.0. The van der Waals surface area contributed by atoms with Gasteiger partial charge in [0.15, 0.2) is 0 Å². The van der Waals surface area contributed by atoms with Crippen LogP contribution in [0.15, 0.2) is 77.7 Å². The third-order valence-corrected chi connectivity index (χ3v) is 8.35. The molecule has 0 heterocycles. The molecule has 34 heavy (non-hydrogen) atoms. The average molecular weight is 538 g/mol. The van der Waals surface area contributed by atoms with E-state index in [9.17, 15) is 13.2 Å². The fraction of sp³-hybridized carbons (Fsp3) is 0.240. The van der Waals surface area contributed by atoms with Gasteiger partial charge in [-0.3, -0.25) is 9.10 Å². The summed E-state index contributed by atoms with van der Waals surface area (Å²) in [6, 6.07) is 20.7. The molecule has 0 radical (unpaired) electrons.